The molecule has 0 radical (unpaired) electrons. The molecule has 0 spiro atoms. The summed E-state index contributed by atoms with van der Waals surface area (Å²) in [5.74, 6) is -1.00. The Bertz CT molecular complexity index is 961. The lowest BCUT2D eigenvalue weighted by molar-refractivity contribution is -0.122. The minimum absolute atomic E-state index is 0.288. The van der Waals surface area contributed by atoms with Crippen LogP contribution < -0.4 is 5.32 Å². The number of nitrogens with one attached hydrogen (secondary N) is 1. The van der Waals surface area contributed by atoms with E-state index in [1.54, 1.807) is 6.08 Å². The second kappa shape index (κ2) is 39.3. The van der Waals surface area contributed by atoms with Crippen LogP contribution in [-0.4, -0.2) is 41.9 Å². The molecule has 2 unspecified atom stereocenters. The van der Waals surface area contributed by atoms with Gasteiger partial charge in [-0.25, -0.2) is 0 Å². The monoisotopic (exact) mass is 752 g/mol. The molecule has 0 rings (SSSR count). The van der Waals surface area contributed by atoms with E-state index in [1.807, 2.05) is 0 Å². The smallest absolute Gasteiger partial charge is 0.267 e. The molecule has 1 amide bonds. The summed E-state index contributed by atoms with van der Waals surface area (Å²) in [7, 11) is -4.36. The topological polar surface area (TPSA) is 104 Å². The van der Waals surface area contributed by atoms with Crippen LogP contribution in [0.4, 0.5) is 0 Å². The zero-order chi connectivity index (χ0) is 38.2. The van der Waals surface area contributed by atoms with Gasteiger partial charge in [0.05, 0.1) is 17.9 Å². The maximum Gasteiger partial charge on any atom is 0.267 e. The van der Waals surface area contributed by atoms with Crippen molar-refractivity contribution in [1.29, 1.82) is 0 Å². The molecule has 306 valence electrons. The quantitative estimate of drug-likeness (QED) is 0.0328. The summed E-state index contributed by atoms with van der Waals surface area (Å²) >= 11 is 0. The number of allylic oxidation sites excluding steroid dienone is 5. The van der Waals surface area contributed by atoms with E-state index in [1.165, 1.54) is 167 Å². The van der Waals surface area contributed by atoms with Gasteiger partial charge in [-0.15, -0.1) is 0 Å². The average Bonchev–Trinajstić information content (AvgIpc) is 3.11. The highest BCUT2D eigenvalue weighted by atomic mass is 32.2. The second-order valence-electron chi connectivity index (χ2n) is 15.3. The number of amides is 1. The molecule has 0 saturated carbocycles. The van der Waals surface area contributed by atoms with Crippen molar-refractivity contribution in [2.45, 2.75) is 238 Å². The molecule has 52 heavy (non-hydrogen) atoms. The van der Waals surface area contributed by atoms with Gasteiger partial charge in [0.25, 0.3) is 10.1 Å². The molecular formula is C45H85NO5S. The first-order valence-electron chi connectivity index (χ1n) is 22.2. The van der Waals surface area contributed by atoms with Crippen molar-refractivity contribution in [1.82, 2.24) is 5.32 Å². The zero-order valence-electron chi connectivity index (χ0n) is 34.2. The van der Waals surface area contributed by atoms with Crippen molar-refractivity contribution in [2.24, 2.45) is 0 Å². The van der Waals surface area contributed by atoms with E-state index in [0.717, 1.165) is 38.5 Å². The zero-order valence-corrected chi connectivity index (χ0v) is 35.0. The first kappa shape index (κ1) is 50.6. The number of hydrogen-bond donors (Lipinski definition) is 3. The summed E-state index contributed by atoms with van der Waals surface area (Å²) < 4.78 is 32.5. The summed E-state index contributed by atoms with van der Waals surface area (Å²) in [5.41, 5.74) is 0. The molecule has 0 aliphatic heterocycles. The van der Waals surface area contributed by atoms with Gasteiger partial charge >= 0.3 is 0 Å². The van der Waals surface area contributed by atoms with Crippen LogP contribution >= 0.6 is 0 Å². The Morgan fingerprint density at radius 2 is 0.827 bits per heavy atom. The van der Waals surface area contributed by atoms with Gasteiger partial charge in [0.1, 0.15) is 0 Å². The maximum atomic E-state index is 12.5. The van der Waals surface area contributed by atoms with Gasteiger partial charge in [-0.1, -0.05) is 211 Å². The van der Waals surface area contributed by atoms with Gasteiger partial charge in [-0.2, -0.15) is 8.42 Å². The summed E-state index contributed by atoms with van der Waals surface area (Å²) in [6, 6.07) is -1.08. The number of aliphatic hydroxyl groups excluding tert-OH is 1. The molecule has 0 heterocycles. The Morgan fingerprint density at radius 1 is 0.500 bits per heavy atom. The Labute approximate surface area is 323 Å². The van der Waals surface area contributed by atoms with Crippen LogP contribution in [-0.2, 0) is 14.9 Å². The maximum absolute atomic E-state index is 12.5. The fraction of sp³-hybridized carbons (Fsp3) is 0.844. The minimum atomic E-state index is -4.36. The van der Waals surface area contributed by atoms with Gasteiger partial charge in [0.2, 0.25) is 5.91 Å². The highest BCUT2D eigenvalue weighted by molar-refractivity contribution is 7.85. The molecule has 0 bridgehead atoms. The van der Waals surface area contributed by atoms with Gasteiger partial charge in [0, 0.05) is 6.42 Å². The Hall–Kier alpha value is -1.44. The molecule has 6 nitrogen and oxygen atoms in total. The predicted octanol–water partition coefficient (Wildman–Crippen LogP) is 13.3. The molecular weight excluding hydrogens is 667 g/mol. The Kier molecular flexibility index (Phi) is 38.2. The summed E-state index contributed by atoms with van der Waals surface area (Å²) in [4.78, 5) is 12.5. The van der Waals surface area contributed by atoms with E-state index in [0.29, 0.717) is 6.42 Å². The van der Waals surface area contributed by atoms with Crippen LogP contribution in [0, 0.1) is 0 Å². The number of hydrogen-bond acceptors (Lipinski definition) is 4. The fourth-order valence-electron chi connectivity index (χ4n) is 6.72. The van der Waals surface area contributed by atoms with Gasteiger partial charge < -0.3 is 10.4 Å². The van der Waals surface area contributed by atoms with Crippen molar-refractivity contribution < 1.29 is 22.9 Å². The SMILES string of the molecule is CCCCCCCCCCCC/C=C/CC/C=C/CC/C=C/C(O)C(CS(=O)(=O)O)NC(=O)CCCCCCCCCCCCCCCCCCC. The van der Waals surface area contributed by atoms with Crippen molar-refractivity contribution in [3.63, 3.8) is 0 Å². The first-order chi connectivity index (χ1) is 25.3. The largest absolute Gasteiger partial charge is 0.387 e. The molecule has 0 aromatic heterocycles. The van der Waals surface area contributed by atoms with Crippen LogP contribution in [0.2, 0.25) is 0 Å². The first-order valence-corrected chi connectivity index (χ1v) is 23.8. The van der Waals surface area contributed by atoms with Gasteiger partial charge in [-0.3, -0.25) is 9.35 Å². The number of carbonyl (C=O) groups is 1. The molecule has 3 N–H and O–H groups in total. The Morgan fingerprint density at radius 3 is 1.21 bits per heavy atom. The van der Waals surface area contributed by atoms with Crippen LogP contribution in [0.1, 0.15) is 226 Å². The third-order valence-corrected chi connectivity index (χ3v) is 10.8. The fourth-order valence-corrected chi connectivity index (χ4v) is 7.45. The Balaban J connectivity index is 3.94. The molecule has 0 aromatic carbocycles. The lowest BCUT2D eigenvalue weighted by atomic mass is 10.0. The highest BCUT2D eigenvalue weighted by Gasteiger charge is 2.24. The lowest BCUT2D eigenvalue weighted by Gasteiger charge is -2.21. The normalized spacial score (nSPS) is 13.5. The van der Waals surface area contributed by atoms with Crippen LogP contribution in [0.15, 0.2) is 36.5 Å². The number of carbonyl (C=O) groups excluding carboxylic acids is 1. The molecule has 0 aliphatic carbocycles. The van der Waals surface area contributed by atoms with Crippen molar-refractivity contribution in [3.05, 3.63) is 36.5 Å². The predicted molar refractivity (Wildman–Crippen MR) is 225 cm³/mol. The number of rotatable bonds is 40. The van der Waals surface area contributed by atoms with Crippen LogP contribution in [0.3, 0.4) is 0 Å². The average molecular weight is 752 g/mol. The van der Waals surface area contributed by atoms with Crippen molar-refractivity contribution >= 4 is 16.0 Å². The molecule has 0 saturated heterocycles. The summed E-state index contributed by atoms with van der Waals surface area (Å²) in [5, 5.41) is 13.2. The van der Waals surface area contributed by atoms with Crippen LogP contribution in [0.5, 0.6) is 0 Å². The van der Waals surface area contributed by atoms with E-state index in [2.05, 4.69) is 43.5 Å². The van der Waals surface area contributed by atoms with Gasteiger partial charge in [-0.05, 0) is 44.9 Å². The third kappa shape index (κ3) is 39.8. The molecule has 0 aliphatic rings. The van der Waals surface area contributed by atoms with E-state index in [-0.39, 0.29) is 12.3 Å². The highest BCUT2D eigenvalue weighted by Crippen LogP contribution is 2.15. The van der Waals surface area contributed by atoms with Crippen molar-refractivity contribution in [3.8, 4) is 0 Å². The summed E-state index contributed by atoms with van der Waals surface area (Å²) in [6.45, 7) is 4.54. The lowest BCUT2D eigenvalue weighted by Crippen LogP contribution is -2.46. The molecule has 7 heteroatoms. The number of unbranched alkanes of at least 4 members (excludes halogenated alkanes) is 28. The van der Waals surface area contributed by atoms with E-state index in [4.69, 9.17) is 0 Å². The van der Waals surface area contributed by atoms with E-state index in [9.17, 15) is 22.9 Å². The van der Waals surface area contributed by atoms with Crippen molar-refractivity contribution in [2.75, 3.05) is 5.75 Å². The minimum Gasteiger partial charge on any atom is -0.387 e. The number of aliphatic hydroxyl groups is 1. The standard InChI is InChI=1S/C45H85NO5S/c1-3-5-7-9-11-13-15-17-19-21-22-23-25-26-28-30-32-34-36-38-40-44(47)43(42-52(49,50)51)46-45(48)41-39-37-35-33-31-29-27-24-20-18-16-14-12-10-8-6-4-2/h23,25,30,32,38,40,43-44,47H,3-22,24,26-29,31,33-37,39,41-42H2,1-2H3,(H,46,48)(H,49,50,51)/b25-23+,32-30+,40-38+. The second-order valence-corrected chi connectivity index (χ2v) is 16.8. The van der Waals surface area contributed by atoms with Gasteiger partial charge in [0.15, 0.2) is 0 Å². The van der Waals surface area contributed by atoms with E-state index < -0.39 is 28.0 Å². The third-order valence-electron chi connectivity index (χ3n) is 10.0. The summed E-state index contributed by atoms with van der Waals surface area (Å²) in [6.07, 6.45) is 51.4. The van der Waals surface area contributed by atoms with Crippen LogP contribution in [0.25, 0.3) is 0 Å². The van der Waals surface area contributed by atoms with E-state index >= 15 is 0 Å². The molecule has 0 aromatic rings. The molecule has 0 fully saturated rings. The molecule has 2 atom stereocenters.